The summed E-state index contributed by atoms with van der Waals surface area (Å²) in [6.07, 6.45) is 4.91. The zero-order valence-electron chi connectivity index (χ0n) is 15.7. The van der Waals surface area contributed by atoms with Crippen LogP contribution in [0.25, 0.3) is 0 Å². The van der Waals surface area contributed by atoms with Crippen LogP contribution in [0.3, 0.4) is 0 Å². The van der Waals surface area contributed by atoms with Crippen molar-refractivity contribution in [2.24, 2.45) is 0 Å². The van der Waals surface area contributed by atoms with Crippen LogP contribution in [-0.2, 0) is 9.53 Å². The normalized spacial score (nSPS) is 17.4. The third-order valence-electron chi connectivity index (χ3n) is 4.59. The van der Waals surface area contributed by atoms with Gasteiger partial charge >= 0.3 is 5.97 Å². The van der Waals surface area contributed by atoms with Gasteiger partial charge in [-0.15, -0.1) is 0 Å². The Bertz CT molecular complexity index is 491. The molecule has 140 valence electrons. The quantitative estimate of drug-likeness (QED) is 0.451. The Morgan fingerprint density at radius 3 is 2.40 bits per heavy atom. The van der Waals surface area contributed by atoms with Crippen LogP contribution in [0.2, 0.25) is 0 Å². The second-order valence-corrected chi connectivity index (χ2v) is 6.91. The number of benzene rings is 1. The summed E-state index contributed by atoms with van der Waals surface area (Å²) in [6.45, 7) is 7.99. The number of hydrogen-bond acceptors (Lipinski definition) is 5. The van der Waals surface area contributed by atoms with Crippen molar-refractivity contribution in [2.75, 3.05) is 45.2 Å². The molecule has 2 heterocycles. The Morgan fingerprint density at radius 1 is 1.20 bits per heavy atom. The Balaban J connectivity index is 0.000000676. The minimum absolute atomic E-state index is 0.0963. The Labute approximate surface area is 152 Å². The maximum atomic E-state index is 11.1. The van der Waals surface area contributed by atoms with E-state index >= 15 is 0 Å². The number of unbranched alkanes of at least 4 members (excludes halogenated alkanes) is 1. The first-order valence-electron chi connectivity index (χ1n) is 9.50. The molecule has 0 aliphatic carbocycles. The summed E-state index contributed by atoms with van der Waals surface area (Å²) in [7, 11) is 1.45. The highest BCUT2D eigenvalue weighted by Gasteiger charge is 2.18. The fourth-order valence-electron chi connectivity index (χ4n) is 2.89. The predicted molar refractivity (Wildman–Crippen MR) is 103 cm³/mol. The topological polar surface area (TPSA) is 63.5 Å². The molecule has 2 saturated heterocycles. The molecule has 0 radical (unpaired) electrons. The van der Waals surface area contributed by atoms with Crippen LogP contribution < -0.4 is 10.6 Å². The molecule has 0 spiro atoms. The minimum atomic E-state index is -0.0963. The van der Waals surface area contributed by atoms with Gasteiger partial charge in [0.25, 0.3) is 0 Å². The molecule has 2 aliphatic rings. The van der Waals surface area contributed by atoms with Gasteiger partial charge in [0.05, 0.1) is 7.11 Å². The lowest BCUT2D eigenvalue weighted by atomic mass is 10.0. The summed E-state index contributed by atoms with van der Waals surface area (Å²) in [5, 5.41) is 6.63. The number of hydrogen-bond donors (Lipinski definition) is 2. The van der Waals surface area contributed by atoms with Gasteiger partial charge in [-0.1, -0.05) is 17.7 Å². The van der Waals surface area contributed by atoms with E-state index in [2.05, 4.69) is 51.5 Å². The molecule has 25 heavy (non-hydrogen) atoms. The van der Waals surface area contributed by atoms with E-state index in [4.69, 9.17) is 0 Å². The molecule has 5 heteroatoms. The number of carbonyl (C=O) groups excluding carboxylic acids is 1. The molecule has 2 N–H and O–H groups in total. The van der Waals surface area contributed by atoms with Gasteiger partial charge in [-0.05, 0) is 51.3 Å². The lowest BCUT2D eigenvalue weighted by Crippen LogP contribution is -2.39. The van der Waals surface area contributed by atoms with Gasteiger partial charge in [0.2, 0.25) is 0 Å². The van der Waals surface area contributed by atoms with Crippen molar-refractivity contribution < 1.29 is 9.53 Å². The molecule has 5 nitrogen and oxygen atoms in total. The van der Waals surface area contributed by atoms with E-state index in [1.54, 1.807) is 0 Å². The van der Waals surface area contributed by atoms with Gasteiger partial charge in [-0.25, -0.2) is 0 Å². The summed E-state index contributed by atoms with van der Waals surface area (Å²) >= 11 is 0. The average Bonchev–Trinajstić information content (AvgIpc) is 3.51. The highest BCUT2D eigenvalue weighted by molar-refractivity contribution is 5.68. The molecular formula is C20H33N3O2. The maximum absolute atomic E-state index is 11.1. The molecule has 0 saturated carbocycles. The van der Waals surface area contributed by atoms with E-state index in [0.29, 0.717) is 12.5 Å². The van der Waals surface area contributed by atoms with Crippen molar-refractivity contribution in [3.63, 3.8) is 0 Å². The van der Waals surface area contributed by atoms with Gasteiger partial charge in [0, 0.05) is 44.3 Å². The molecule has 0 amide bonds. The second kappa shape index (κ2) is 11.1. The first-order valence-corrected chi connectivity index (χ1v) is 9.50. The van der Waals surface area contributed by atoms with Crippen LogP contribution >= 0.6 is 0 Å². The smallest absolute Gasteiger partial charge is 0.305 e. The van der Waals surface area contributed by atoms with Crippen molar-refractivity contribution in [1.82, 2.24) is 10.2 Å². The zero-order valence-corrected chi connectivity index (χ0v) is 15.7. The monoisotopic (exact) mass is 347 g/mol. The number of aryl methyl sites for hydroxylation is 1. The number of methoxy groups -OCH3 is 1. The van der Waals surface area contributed by atoms with Crippen molar-refractivity contribution in [3.8, 4) is 0 Å². The van der Waals surface area contributed by atoms with E-state index < -0.39 is 0 Å². The number of likely N-dealkylation sites (tertiary alicyclic amines) is 1. The number of piperidine rings is 1. The number of carbonyl (C=O) groups is 1. The minimum Gasteiger partial charge on any atom is -0.469 e. The molecule has 0 atom stereocenters. The van der Waals surface area contributed by atoms with Gasteiger partial charge in [-0.3, -0.25) is 4.79 Å². The molecule has 0 unspecified atom stereocenters. The third-order valence-corrected chi connectivity index (χ3v) is 4.59. The Morgan fingerprint density at radius 2 is 1.84 bits per heavy atom. The molecule has 3 rings (SSSR count). The van der Waals surface area contributed by atoms with Crippen molar-refractivity contribution >= 4 is 11.7 Å². The standard InChI is InChI=1S/C18H28N2O2.C2H5N/c1-15-6-8-16(9-7-15)19-17-10-13-20(14-11-17)12-4-3-5-18(21)22-2;1-2-3-1/h6-9,17,19H,3-5,10-14H2,1-2H3;3H,1-2H2. The van der Waals surface area contributed by atoms with E-state index in [0.717, 1.165) is 32.5 Å². The molecule has 2 aliphatic heterocycles. The molecular weight excluding hydrogens is 314 g/mol. The van der Waals surface area contributed by atoms with Crippen LogP contribution in [0.15, 0.2) is 24.3 Å². The zero-order chi connectivity index (χ0) is 17.9. The molecule has 0 bridgehead atoms. The highest BCUT2D eigenvalue weighted by Crippen LogP contribution is 2.17. The van der Waals surface area contributed by atoms with Gasteiger partial charge in [-0.2, -0.15) is 0 Å². The Kier molecular flexibility index (Phi) is 8.77. The van der Waals surface area contributed by atoms with Crippen molar-refractivity contribution in [1.29, 1.82) is 0 Å². The second-order valence-electron chi connectivity index (χ2n) is 6.91. The van der Waals surface area contributed by atoms with Crippen LogP contribution in [-0.4, -0.2) is 56.7 Å². The number of anilines is 1. The highest BCUT2D eigenvalue weighted by atomic mass is 16.5. The van der Waals surface area contributed by atoms with E-state index in [1.807, 2.05) is 0 Å². The number of nitrogens with one attached hydrogen (secondary N) is 2. The van der Waals surface area contributed by atoms with Crippen molar-refractivity contribution in [2.45, 2.75) is 45.1 Å². The predicted octanol–water partition coefficient (Wildman–Crippen LogP) is 2.80. The maximum Gasteiger partial charge on any atom is 0.305 e. The van der Waals surface area contributed by atoms with Crippen LogP contribution in [0.1, 0.15) is 37.7 Å². The summed E-state index contributed by atoms with van der Waals surface area (Å²) in [6, 6.07) is 9.20. The number of ether oxygens (including phenoxy) is 1. The van der Waals surface area contributed by atoms with Gasteiger partial charge < -0.3 is 20.3 Å². The number of esters is 1. The summed E-state index contributed by atoms with van der Waals surface area (Å²) < 4.78 is 4.66. The van der Waals surface area contributed by atoms with Gasteiger partial charge in [0.15, 0.2) is 0 Å². The molecule has 2 fully saturated rings. The third kappa shape index (κ3) is 8.89. The molecule has 0 aromatic heterocycles. The SMILES string of the molecule is C1CN1.COC(=O)CCCCN1CCC(Nc2ccc(C)cc2)CC1. The molecule has 1 aromatic carbocycles. The van der Waals surface area contributed by atoms with E-state index in [1.165, 1.54) is 44.3 Å². The number of rotatable bonds is 7. The summed E-state index contributed by atoms with van der Waals surface area (Å²) in [5.74, 6) is -0.0963. The Hall–Kier alpha value is -1.59. The lowest BCUT2D eigenvalue weighted by molar-refractivity contribution is -0.140. The van der Waals surface area contributed by atoms with E-state index in [-0.39, 0.29) is 5.97 Å². The first-order chi connectivity index (χ1) is 12.2. The largest absolute Gasteiger partial charge is 0.469 e. The van der Waals surface area contributed by atoms with Crippen LogP contribution in [0.4, 0.5) is 5.69 Å². The average molecular weight is 348 g/mol. The lowest BCUT2D eigenvalue weighted by Gasteiger charge is -2.32. The van der Waals surface area contributed by atoms with Gasteiger partial charge in [0.1, 0.15) is 0 Å². The number of nitrogens with zero attached hydrogens (tertiary/aromatic N) is 1. The first kappa shape index (κ1) is 19.7. The van der Waals surface area contributed by atoms with Crippen molar-refractivity contribution in [3.05, 3.63) is 29.8 Å². The molecule has 1 aromatic rings. The summed E-state index contributed by atoms with van der Waals surface area (Å²) in [5.41, 5.74) is 2.52. The van der Waals surface area contributed by atoms with Crippen LogP contribution in [0.5, 0.6) is 0 Å². The fraction of sp³-hybridized carbons (Fsp3) is 0.650. The fourth-order valence-corrected chi connectivity index (χ4v) is 2.89. The van der Waals surface area contributed by atoms with E-state index in [9.17, 15) is 4.79 Å². The van der Waals surface area contributed by atoms with Crippen LogP contribution in [0, 0.1) is 6.92 Å². The summed E-state index contributed by atoms with van der Waals surface area (Å²) in [4.78, 5) is 13.6.